The summed E-state index contributed by atoms with van der Waals surface area (Å²) in [5.74, 6) is 0. The zero-order valence-corrected chi connectivity index (χ0v) is 12.7. The zero-order valence-electron chi connectivity index (χ0n) is 10.4. The Bertz CT molecular complexity index is 578. The lowest BCUT2D eigenvalue weighted by Crippen LogP contribution is -2.04. The molecule has 0 fully saturated rings. The van der Waals surface area contributed by atoms with Crippen molar-refractivity contribution in [1.29, 1.82) is 0 Å². The molecule has 2 rings (SSSR count). The van der Waals surface area contributed by atoms with Crippen molar-refractivity contribution in [2.75, 3.05) is 6.54 Å². The van der Waals surface area contributed by atoms with Crippen molar-refractivity contribution >= 4 is 27.5 Å². The van der Waals surface area contributed by atoms with E-state index in [4.69, 9.17) is 17.3 Å². The molecule has 0 aliphatic rings. The van der Waals surface area contributed by atoms with Gasteiger partial charge in [-0.1, -0.05) is 17.7 Å². The van der Waals surface area contributed by atoms with Gasteiger partial charge in [0.1, 0.15) is 0 Å². The first-order chi connectivity index (χ1) is 8.54. The third kappa shape index (κ3) is 2.46. The van der Waals surface area contributed by atoms with E-state index >= 15 is 0 Å². The fourth-order valence-corrected chi connectivity index (χ4v) is 2.61. The third-order valence-corrected chi connectivity index (χ3v) is 4.06. The van der Waals surface area contributed by atoms with Crippen LogP contribution in [-0.2, 0) is 6.42 Å². The van der Waals surface area contributed by atoms with Crippen LogP contribution >= 0.6 is 27.5 Å². The monoisotopic (exact) mass is 327 g/mol. The lowest BCUT2D eigenvalue weighted by Gasteiger charge is -2.09. The van der Waals surface area contributed by atoms with Gasteiger partial charge in [0.05, 0.1) is 22.1 Å². The molecule has 1 aromatic carbocycles. The van der Waals surface area contributed by atoms with Gasteiger partial charge in [-0.15, -0.1) is 0 Å². The predicted molar refractivity (Wildman–Crippen MR) is 78.5 cm³/mol. The Morgan fingerprint density at radius 1 is 1.39 bits per heavy atom. The molecule has 96 valence electrons. The fourth-order valence-electron chi connectivity index (χ4n) is 1.90. The molecule has 18 heavy (non-hydrogen) atoms. The molecule has 0 aliphatic carbocycles. The molecular formula is C13H15BrClN3. The minimum atomic E-state index is 0.650. The summed E-state index contributed by atoms with van der Waals surface area (Å²) in [6, 6.07) is 6.18. The predicted octanol–water partition coefficient (Wildman–Crippen LogP) is 3.41. The van der Waals surface area contributed by atoms with Gasteiger partial charge in [0, 0.05) is 4.47 Å². The summed E-state index contributed by atoms with van der Waals surface area (Å²) in [5, 5.41) is 5.16. The largest absolute Gasteiger partial charge is 0.330 e. The molecule has 0 aliphatic heterocycles. The van der Waals surface area contributed by atoms with Crippen molar-refractivity contribution in [2.24, 2.45) is 5.73 Å². The van der Waals surface area contributed by atoms with E-state index in [1.54, 1.807) is 0 Å². The van der Waals surface area contributed by atoms with Crippen molar-refractivity contribution < 1.29 is 0 Å². The quantitative estimate of drug-likeness (QED) is 0.938. The highest BCUT2D eigenvalue weighted by molar-refractivity contribution is 9.10. The van der Waals surface area contributed by atoms with Crippen molar-refractivity contribution in [3.63, 3.8) is 0 Å². The number of aromatic nitrogens is 2. The average molecular weight is 329 g/mol. The number of nitrogens with zero attached hydrogens (tertiary/aromatic N) is 2. The Balaban J connectivity index is 2.48. The van der Waals surface area contributed by atoms with Crippen LogP contribution in [-0.4, -0.2) is 16.3 Å². The Morgan fingerprint density at radius 3 is 2.61 bits per heavy atom. The van der Waals surface area contributed by atoms with Gasteiger partial charge in [-0.05, 0) is 60.4 Å². The van der Waals surface area contributed by atoms with Crippen LogP contribution in [0.15, 0.2) is 22.7 Å². The van der Waals surface area contributed by atoms with Crippen LogP contribution in [0.5, 0.6) is 0 Å². The first-order valence-electron chi connectivity index (χ1n) is 5.75. The molecular weight excluding hydrogens is 314 g/mol. The highest BCUT2D eigenvalue weighted by Gasteiger charge is 2.12. The molecule has 1 heterocycles. The van der Waals surface area contributed by atoms with Crippen molar-refractivity contribution in [2.45, 2.75) is 20.3 Å². The van der Waals surface area contributed by atoms with Crippen LogP contribution in [0.25, 0.3) is 5.69 Å². The van der Waals surface area contributed by atoms with Crippen LogP contribution in [0.1, 0.15) is 17.0 Å². The van der Waals surface area contributed by atoms with Crippen LogP contribution < -0.4 is 5.73 Å². The van der Waals surface area contributed by atoms with Gasteiger partial charge in [-0.2, -0.15) is 5.10 Å². The van der Waals surface area contributed by atoms with Crippen LogP contribution in [0.3, 0.4) is 0 Å². The first-order valence-corrected chi connectivity index (χ1v) is 6.92. The van der Waals surface area contributed by atoms with Crippen molar-refractivity contribution in [1.82, 2.24) is 9.78 Å². The van der Waals surface area contributed by atoms with Crippen molar-refractivity contribution in [3.05, 3.63) is 44.6 Å². The molecule has 0 radical (unpaired) electrons. The molecule has 0 saturated heterocycles. The highest BCUT2D eigenvalue weighted by Crippen LogP contribution is 2.27. The van der Waals surface area contributed by atoms with Gasteiger partial charge < -0.3 is 5.73 Å². The summed E-state index contributed by atoms with van der Waals surface area (Å²) in [4.78, 5) is 0. The lowest BCUT2D eigenvalue weighted by atomic mass is 10.1. The lowest BCUT2D eigenvalue weighted by molar-refractivity contribution is 0.828. The molecule has 2 N–H and O–H groups in total. The summed E-state index contributed by atoms with van der Waals surface area (Å²) >= 11 is 9.74. The maximum Gasteiger partial charge on any atom is 0.0848 e. The van der Waals surface area contributed by atoms with Gasteiger partial charge in [0.25, 0.3) is 0 Å². The molecule has 0 atom stereocenters. The average Bonchev–Trinajstić information content (AvgIpc) is 2.58. The van der Waals surface area contributed by atoms with Gasteiger partial charge in [-0.3, -0.25) is 0 Å². The molecule has 3 nitrogen and oxygen atoms in total. The van der Waals surface area contributed by atoms with E-state index in [0.717, 1.165) is 28.0 Å². The van der Waals surface area contributed by atoms with E-state index in [2.05, 4.69) is 33.2 Å². The van der Waals surface area contributed by atoms with Gasteiger partial charge in [-0.25, -0.2) is 4.68 Å². The number of hydrogen-bond acceptors (Lipinski definition) is 2. The minimum absolute atomic E-state index is 0.650. The number of benzene rings is 1. The number of aryl methyl sites for hydroxylation is 1. The Morgan fingerprint density at radius 2 is 2.11 bits per heavy atom. The molecule has 2 aromatic rings. The number of halogens is 2. The normalized spacial score (nSPS) is 10.9. The fraction of sp³-hybridized carbons (Fsp3) is 0.308. The topological polar surface area (TPSA) is 43.8 Å². The molecule has 5 heteroatoms. The second-order valence-electron chi connectivity index (χ2n) is 4.22. The van der Waals surface area contributed by atoms with E-state index in [0.29, 0.717) is 11.6 Å². The summed E-state index contributed by atoms with van der Waals surface area (Å²) in [5.41, 5.74) is 9.54. The Labute approximate surface area is 120 Å². The van der Waals surface area contributed by atoms with Crippen LogP contribution in [0, 0.1) is 13.8 Å². The summed E-state index contributed by atoms with van der Waals surface area (Å²) in [6.45, 7) is 4.52. The van der Waals surface area contributed by atoms with Crippen molar-refractivity contribution in [3.8, 4) is 5.69 Å². The molecule has 0 bridgehead atoms. The number of hydrogen-bond donors (Lipinski definition) is 1. The maximum absolute atomic E-state index is 6.17. The van der Waals surface area contributed by atoms with E-state index in [1.807, 2.05) is 24.6 Å². The van der Waals surface area contributed by atoms with E-state index in [9.17, 15) is 0 Å². The molecule has 0 unspecified atom stereocenters. The Hall–Kier alpha value is -0.840. The number of nitrogens with two attached hydrogens (primary N) is 1. The third-order valence-electron chi connectivity index (χ3n) is 2.88. The zero-order chi connectivity index (χ0) is 13.3. The minimum Gasteiger partial charge on any atom is -0.330 e. The Kier molecular flexibility index (Phi) is 4.10. The molecule has 0 saturated carbocycles. The molecule has 1 aromatic heterocycles. The smallest absolute Gasteiger partial charge is 0.0848 e. The summed E-state index contributed by atoms with van der Waals surface area (Å²) in [7, 11) is 0. The van der Waals surface area contributed by atoms with Gasteiger partial charge in [0.2, 0.25) is 0 Å². The SMILES string of the molecule is Cc1nn(-c2ccc(CCN)cc2Br)c(C)c1Cl. The van der Waals surface area contributed by atoms with Crippen LogP contribution in [0.2, 0.25) is 5.02 Å². The number of rotatable bonds is 3. The van der Waals surface area contributed by atoms with E-state index in [-0.39, 0.29) is 0 Å². The second kappa shape index (κ2) is 5.43. The standard InChI is InChI=1S/C13H15BrClN3/c1-8-13(15)9(2)18(17-8)12-4-3-10(5-6-16)7-11(12)14/h3-4,7H,5-6,16H2,1-2H3. The van der Waals surface area contributed by atoms with E-state index < -0.39 is 0 Å². The second-order valence-corrected chi connectivity index (χ2v) is 5.45. The summed E-state index contributed by atoms with van der Waals surface area (Å²) < 4.78 is 2.85. The van der Waals surface area contributed by atoms with Gasteiger partial charge >= 0.3 is 0 Å². The maximum atomic E-state index is 6.17. The van der Waals surface area contributed by atoms with Gasteiger partial charge in [0.15, 0.2) is 0 Å². The first kappa shape index (κ1) is 13.6. The summed E-state index contributed by atoms with van der Waals surface area (Å²) in [6.07, 6.45) is 0.872. The highest BCUT2D eigenvalue weighted by atomic mass is 79.9. The molecule has 0 spiro atoms. The molecule has 0 amide bonds. The van der Waals surface area contributed by atoms with Crippen LogP contribution in [0.4, 0.5) is 0 Å². The van der Waals surface area contributed by atoms with E-state index in [1.165, 1.54) is 5.56 Å².